The van der Waals surface area contributed by atoms with Crippen LogP contribution in [0.1, 0.15) is 30.6 Å². The smallest absolute Gasteiger partial charge is 0.270 e. The van der Waals surface area contributed by atoms with Crippen molar-refractivity contribution in [1.82, 2.24) is 10.2 Å². The van der Waals surface area contributed by atoms with E-state index in [0.29, 0.717) is 5.56 Å². The first kappa shape index (κ1) is 14.5. The first-order valence-corrected chi connectivity index (χ1v) is 6.78. The van der Waals surface area contributed by atoms with Crippen LogP contribution in [-0.2, 0) is 0 Å². The van der Waals surface area contributed by atoms with Gasteiger partial charge in [-0.15, -0.1) is 0 Å². The molecule has 1 amide bonds. The van der Waals surface area contributed by atoms with Gasteiger partial charge >= 0.3 is 0 Å². The highest BCUT2D eigenvalue weighted by Crippen LogP contribution is 2.19. The minimum Gasteiger partial charge on any atom is -0.332 e. The van der Waals surface area contributed by atoms with Gasteiger partial charge < -0.3 is 10.2 Å². The Hall–Kier alpha value is -1.95. The SMILES string of the molecule is CC(C)N(C(=O)c1cccc([N+](=O)[O-])c1)C1CCNC1. The van der Waals surface area contributed by atoms with Crippen molar-refractivity contribution >= 4 is 11.6 Å². The summed E-state index contributed by atoms with van der Waals surface area (Å²) in [6.07, 6.45) is 0.916. The molecule has 20 heavy (non-hydrogen) atoms. The highest BCUT2D eigenvalue weighted by molar-refractivity contribution is 5.95. The normalized spacial score (nSPS) is 18.2. The fourth-order valence-corrected chi connectivity index (χ4v) is 2.60. The minimum absolute atomic E-state index is 0.0518. The zero-order valence-electron chi connectivity index (χ0n) is 11.7. The number of nitro groups is 1. The zero-order valence-corrected chi connectivity index (χ0v) is 11.7. The average molecular weight is 277 g/mol. The van der Waals surface area contributed by atoms with E-state index >= 15 is 0 Å². The summed E-state index contributed by atoms with van der Waals surface area (Å²) < 4.78 is 0. The van der Waals surface area contributed by atoms with Crippen LogP contribution in [0.15, 0.2) is 24.3 Å². The molecule has 1 aromatic rings. The lowest BCUT2D eigenvalue weighted by molar-refractivity contribution is -0.384. The minimum atomic E-state index is -0.479. The summed E-state index contributed by atoms with van der Waals surface area (Å²) in [5.74, 6) is -0.141. The second-order valence-electron chi connectivity index (χ2n) is 5.26. The maximum Gasteiger partial charge on any atom is 0.270 e. The molecule has 1 atom stereocenters. The summed E-state index contributed by atoms with van der Waals surface area (Å²) in [4.78, 5) is 24.8. The van der Waals surface area contributed by atoms with E-state index in [4.69, 9.17) is 0 Å². The number of carbonyl (C=O) groups is 1. The molecule has 0 saturated carbocycles. The molecule has 1 aliphatic rings. The molecule has 1 N–H and O–H groups in total. The van der Waals surface area contributed by atoms with E-state index in [-0.39, 0.29) is 23.7 Å². The Morgan fingerprint density at radius 1 is 1.50 bits per heavy atom. The summed E-state index contributed by atoms with van der Waals surface area (Å²) in [6.45, 7) is 5.61. The van der Waals surface area contributed by atoms with E-state index in [1.165, 1.54) is 12.1 Å². The molecule has 108 valence electrons. The van der Waals surface area contributed by atoms with Gasteiger partial charge in [0, 0.05) is 36.3 Å². The number of non-ortho nitro benzene ring substituents is 1. The van der Waals surface area contributed by atoms with Crippen LogP contribution in [0.2, 0.25) is 0 Å². The quantitative estimate of drug-likeness (QED) is 0.672. The predicted octanol–water partition coefficient (Wildman–Crippen LogP) is 1.81. The molecule has 6 heteroatoms. The molecular formula is C14H19N3O3. The summed E-state index contributed by atoms with van der Waals surface area (Å²) in [6, 6.07) is 6.14. The van der Waals surface area contributed by atoms with Gasteiger partial charge in [-0.1, -0.05) is 6.07 Å². The number of nitrogens with zero attached hydrogens (tertiary/aromatic N) is 2. The number of carbonyl (C=O) groups excluding carboxylic acids is 1. The maximum atomic E-state index is 12.6. The fourth-order valence-electron chi connectivity index (χ4n) is 2.60. The second kappa shape index (κ2) is 6.00. The van der Waals surface area contributed by atoms with Gasteiger partial charge in [0.2, 0.25) is 0 Å². The Balaban J connectivity index is 2.27. The lowest BCUT2D eigenvalue weighted by Gasteiger charge is -2.32. The molecule has 0 aromatic heterocycles. The number of nitrogens with one attached hydrogen (secondary N) is 1. The van der Waals surface area contributed by atoms with Crippen molar-refractivity contribution < 1.29 is 9.72 Å². The molecule has 1 saturated heterocycles. The van der Waals surface area contributed by atoms with Crippen molar-refractivity contribution in [3.63, 3.8) is 0 Å². The van der Waals surface area contributed by atoms with Gasteiger partial charge in [0.1, 0.15) is 0 Å². The van der Waals surface area contributed by atoms with Gasteiger partial charge in [0.25, 0.3) is 11.6 Å². The Labute approximate surface area is 117 Å². The van der Waals surface area contributed by atoms with Gasteiger partial charge in [-0.3, -0.25) is 14.9 Å². The maximum absolute atomic E-state index is 12.6. The fraction of sp³-hybridized carbons (Fsp3) is 0.500. The van der Waals surface area contributed by atoms with E-state index in [1.807, 2.05) is 18.7 Å². The van der Waals surface area contributed by atoms with Crippen LogP contribution in [0, 0.1) is 10.1 Å². The highest BCUT2D eigenvalue weighted by Gasteiger charge is 2.29. The van der Waals surface area contributed by atoms with Crippen molar-refractivity contribution in [3.05, 3.63) is 39.9 Å². The van der Waals surface area contributed by atoms with Crippen molar-refractivity contribution in [2.75, 3.05) is 13.1 Å². The van der Waals surface area contributed by atoms with Gasteiger partial charge in [-0.25, -0.2) is 0 Å². The summed E-state index contributed by atoms with van der Waals surface area (Å²) in [7, 11) is 0. The van der Waals surface area contributed by atoms with Crippen molar-refractivity contribution in [2.45, 2.75) is 32.4 Å². The van der Waals surface area contributed by atoms with E-state index < -0.39 is 4.92 Å². The molecule has 0 radical (unpaired) electrons. The number of nitro benzene ring substituents is 1. The summed E-state index contributed by atoms with van der Waals surface area (Å²) in [5.41, 5.74) is 0.323. The molecule has 1 fully saturated rings. The first-order chi connectivity index (χ1) is 9.50. The molecule has 6 nitrogen and oxygen atoms in total. The zero-order chi connectivity index (χ0) is 14.7. The molecule has 1 heterocycles. The second-order valence-corrected chi connectivity index (χ2v) is 5.26. The van der Waals surface area contributed by atoms with E-state index in [2.05, 4.69) is 5.32 Å². The van der Waals surface area contributed by atoms with Crippen LogP contribution < -0.4 is 5.32 Å². The molecule has 1 unspecified atom stereocenters. The lowest BCUT2D eigenvalue weighted by Crippen LogP contribution is -2.45. The average Bonchev–Trinajstić information content (AvgIpc) is 2.92. The van der Waals surface area contributed by atoms with Gasteiger partial charge in [0.15, 0.2) is 0 Å². The third-order valence-electron chi connectivity index (χ3n) is 3.52. The summed E-state index contributed by atoms with van der Waals surface area (Å²) >= 11 is 0. The van der Waals surface area contributed by atoms with Gasteiger partial charge in [-0.2, -0.15) is 0 Å². The van der Waals surface area contributed by atoms with Crippen molar-refractivity contribution in [2.24, 2.45) is 0 Å². The Bertz CT molecular complexity index is 510. The van der Waals surface area contributed by atoms with Crippen molar-refractivity contribution in [1.29, 1.82) is 0 Å². The topological polar surface area (TPSA) is 75.5 Å². The largest absolute Gasteiger partial charge is 0.332 e. The van der Waals surface area contributed by atoms with E-state index in [1.54, 1.807) is 12.1 Å². The number of amides is 1. The molecule has 1 aliphatic heterocycles. The molecule has 2 rings (SSSR count). The monoisotopic (exact) mass is 277 g/mol. The highest BCUT2D eigenvalue weighted by atomic mass is 16.6. The van der Waals surface area contributed by atoms with Crippen molar-refractivity contribution in [3.8, 4) is 0 Å². The molecular weight excluding hydrogens is 258 g/mol. The number of benzene rings is 1. The van der Waals surface area contributed by atoms with E-state index in [9.17, 15) is 14.9 Å². The standard InChI is InChI=1S/C14H19N3O3/c1-10(2)16(13-6-7-15-9-13)14(18)11-4-3-5-12(8-11)17(19)20/h3-5,8,10,13,15H,6-7,9H2,1-2H3. The van der Waals surface area contributed by atoms with Crippen LogP contribution in [0.5, 0.6) is 0 Å². The summed E-state index contributed by atoms with van der Waals surface area (Å²) in [5, 5.41) is 14.0. The third-order valence-corrected chi connectivity index (χ3v) is 3.52. The third kappa shape index (κ3) is 2.96. The Morgan fingerprint density at radius 2 is 2.25 bits per heavy atom. The van der Waals surface area contributed by atoms with Crippen LogP contribution >= 0.6 is 0 Å². The van der Waals surface area contributed by atoms with Crippen LogP contribution in [0.3, 0.4) is 0 Å². The van der Waals surface area contributed by atoms with Crippen LogP contribution in [0.4, 0.5) is 5.69 Å². The molecule has 0 spiro atoms. The lowest BCUT2D eigenvalue weighted by atomic mass is 10.1. The van der Waals surface area contributed by atoms with Crippen LogP contribution in [0.25, 0.3) is 0 Å². The Morgan fingerprint density at radius 3 is 2.80 bits per heavy atom. The number of rotatable bonds is 4. The van der Waals surface area contributed by atoms with E-state index in [0.717, 1.165) is 19.5 Å². The molecule has 1 aromatic carbocycles. The first-order valence-electron chi connectivity index (χ1n) is 6.78. The van der Waals surface area contributed by atoms with Gasteiger partial charge in [0.05, 0.1) is 4.92 Å². The van der Waals surface area contributed by atoms with Gasteiger partial charge in [-0.05, 0) is 32.9 Å². The molecule has 0 bridgehead atoms. The van der Waals surface area contributed by atoms with Crippen LogP contribution in [-0.4, -0.2) is 40.9 Å². The molecule has 0 aliphatic carbocycles. The Kier molecular flexibility index (Phi) is 4.34. The number of hydrogen-bond acceptors (Lipinski definition) is 4. The number of hydrogen-bond donors (Lipinski definition) is 1. The predicted molar refractivity (Wildman–Crippen MR) is 75.7 cm³/mol.